The molecule has 86 valence electrons. The summed E-state index contributed by atoms with van der Waals surface area (Å²) in [5, 5.41) is 12.9. The minimum absolute atomic E-state index is 0.168. The summed E-state index contributed by atoms with van der Waals surface area (Å²) in [6, 6.07) is 0. The maximum absolute atomic E-state index is 9.91. The van der Waals surface area contributed by atoms with Crippen molar-refractivity contribution in [2.24, 2.45) is 0 Å². The Balaban J connectivity index is 3.82. The van der Waals surface area contributed by atoms with Crippen molar-refractivity contribution in [3.05, 3.63) is 0 Å². The van der Waals surface area contributed by atoms with Gasteiger partial charge in [0.05, 0.1) is 0 Å². The minimum Gasteiger partial charge on any atom is -0.375 e. The molecule has 0 aliphatic heterocycles. The second-order valence-corrected chi connectivity index (χ2v) is 3.13. The number of rotatable bonds is 9. The van der Waals surface area contributed by atoms with Crippen molar-refractivity contribution in [1.29, 1.82) is 0 Å². The summed E-state index contributed by atoms with van der Waals surface area (Å²) in [7, 11) is 0. The van der Waals surface area contributed by atoms with E-state index in [-0.39, 0.29) is 6.61 Å². The van der Waals surface area contributed by atoms with Gasteiger partial charge in [0, 0.05) is 19.8 Å². The maximum Gasteiger partial charge on any atom is 0.249 e. The highest BCUT2D eigenvalue weighted by atomic mass is 16.7. The van der Waals surface area contributed by atoms with Crippen molar-refractivity contribution in [2.45, 2.75) is 39.5 Å². The molecule has 0 heterocycles. The van der Waals surface area contributed by atoms with Crippen molar-refractivity contribution in [3.8, 4) is 0 Å². The standard InChI is InChI=1S/C10H23NO3/c1-4-7-8-11-10(12,14-6-3)9-13-5-2/h11-12H,4-9H2,1-3H3. The lowest BCUT2D eigenvalue weighted by Crippen LogP contribution is -2.51. The Hall–Kier alpha value is -0.160. The van der Waals surface area contributed by atoms with Crippen molar-refractivity contribution in [1.82, 2.24) is 5.32 Å². The molecule has 1 atom stereocenters. The highest BCUT2D eigenvalue weighted by molar-refractivity contribution is 4.63. The molecular formula is C10H23NO3. The molecule has 4 nitrogen and oxygen atoms in total. The van der Waals surface area contributed by atoms with Gasteiger partial charge in [-0.2, -0.15) is 0 Å². The predicted octanol–water partition coefficient (Wildman–Crippen LogP) is 1.10. The molecule has 0 aromatic carbocycles. The lowest BCUT2D eigenvalue weighted by molar-refractivity contribution is -0.248. The van der Waals surface area contributed by atoms with Gasteiger partial charge in [0.25, 0.3) is 0 Å². The molecular weight excluding hydrogens is 182 g/mol. The van der Waals surface area contributed by atoms with Crippen LogP contribution in [0.1, 0.15) is 33.6 Å². The Morgan fingerprint density at radius 1 is 1.21 bits per heavy atom. The Labute approximate surface area is 86.6 Å². The first-order chi connectivity index (χ1) is 6.68. The van der Waals surface area contributed by atoms with E-state index in [4.69, 9.17) is 9.47 Å². The first-order valence-corrected chi connectivity index (χ1v) is 5.37. The zero-order valence-electron chi connectivity index (χ0n) is 9.51. The van der Waals surface area contributed by atoms with E-state index in [2.05, 4.69) is 12.2 Å². The summed E-state index contributed by atoms with van der Waals surface area (Å²) in [5.41, 5.74) is 0. The molecule has 0 aliphatic carbocycles. The molecule has 2 N–H and O–H groups in total. The molecule has 0 fully saturated rings. The summed E-state index contributed by atoms with van der Waals surface area (Å²) < 4.78 is 10.3. The molecule has 0 radical (unpaired) electrons. The van der Waals surface area contributed by atoms with E-state index in [0.717, 1.165) is 19.4 Å². The van der Waals surface area contributed by atoms with Gasteiger partial charge in [-0.1, -0.05) is 13.3 Å². The molecule has 1 unspecified atom stereocenters. The first-order valence-electron chi connectivity index (χ1n) is 5.37. The minimum atomic E-state index is -1.32. The third-order valence-electron chi connectivity index (χ3n) is 1.82. The van der Waals surface area contributed by atoms with Crippen LogP contribution in [0.3, 0.4) is 0 Å². The molecule has 0 rings (SSSR count). The Morgan fingerprint density at radius 2 is 1.93 bits per heavy atom. The summed E-state index contributed by atoms with van der Waals surface area (Å²) in [4.78, 5) is 0. The van der Waals surface area contributed by atoms with Gasteiger partial charge in [-0.05, 0) is 20.3 Å². The van der Waals surface area contributed by atoms with E-state index in [9.17, 15) is 5.11 Å². The molecule has 14 heavy (non-hydrogen) atoms. The fourth-order valence-corrected chi connectivity index (χ4v) is 1.08. The third-order valence-corrected chi connectivity index (χ3v) is 1.82. The van der Waals surface area contributed by atoms with Gasteiger partial charge in [0.15, 0.2) is 0 Å². The molecule has 0 amide bonds. The fourth-order valence-electron chi connectivity index (χ4n) is 1.08. The summed E-state index contributed by atoms with van der Waals surface area (Å²) in [6.07, 6.45) is 2.10. The normalized spacial score (nSPS) is 15.4. The summed E-state index contributed by atoms with van der Waals surface area (Å²) in [6.45, 7) is 7.77. The van der Waals surface area contributed by atoms with E-state index in [1.807, 2.05) is 13.8 Å². The van der Waals surface area contributed by atoms with E-state index in [1.165, 1.54) is 0 Å². The van der Waals surface area contributed by atoms with Crippen molar-refractivity contribution < 1.29 is 14.6 Å². The quantitative estimate of drug-likeness (QED) is 0.437. The highest BCUT2D eigenvalue weighted by Gasteiger charge is 2.26. The van der Waals surface area contributed by atoms with Crippen LogP contribution in [0.2, 0.25) is 0 Å². The molecule has 0 saturated heterocycles. The monoisotopic (exact) mass is 205 g/mol. The van der Waals surface area contributed by atoms with Crippen LogP contribution >= 0.6 is 0 Å². The van der Waals surface area contributed by atoms with E-state index in [1.54, 1.807) is 0 Å². The Kier molecular flexibility index (Phi) is 8.08. The Morgan fingerprint density at radius 3 is 2.43 bits per heavy atom. The molecule has 0 aromatic rings. The largest absolute Gasteiger partial charge is 0.375 e. The van der Waals surface area contributed by atoms with Crippen molar-refractivity contribution >= 4 is 0 Å². The van der Waals surface area contributed by atoms with Crippen LogP contribution in [0.15, 0.2) is 0 Å². The zero-order valence-corrected chi connectivity index (χ0v) is 9.51. The van der Waals surface area contributed by atoms with Crippen LogP contribution in [0.4, 0.5) is 0 Å². The topological polar surface area (TPSA) is 50.7 Å². The number of ether oxygens (including phenoxy) is 2. The lowest BCUT2D eigenvalue weighted by Gasteiger charge is -2.28. The summed E-state index contributed by atoms with van der Waals surface area (Å²) in [5.74, 6) is -1.32. The summed E-state index contributed by atoms with van der Waals surface area (Å²) >= 11 is 0. The van der Waals surface area contributed by atoms with Gasteiger partial charge in [-0.15, -0.1) is 0 Å². The molecule has 0 aliphatic rings. The van der Waals surface area contributed by atoms with Crippen LogP contribution in [-0.2, 0) is 9.47 Å². The van der Waals surface area contributed by atoms with Crippen LogP contribution in [-0.4, -0.2) is 37.4 Å². The predicted molar refractivity (Wildman–Crippen MR) is 56.0 cm³/mol. The second-order valence-electron chi connectivity index (χ2n) is 3.13. The van der Waals surface area contributed by atoms with E-state index in [0.29, 0.717) is 13.2 Å². The molecule has 0 aromatic heterocycles. The number of nitrogens with one attached hydrogen (secondary N) is 1. The zero-order chi connectivity index (χ0) is 10.9. The van der Waals surface area contributed by atoms with Gasteiger partial charge in [-0.3, -0.25) is 5.32 Å². The van der Waals surface area contributed by atoms with Crippen LogP contribution < -0.4 is 5.32 Å². The highest BCUT2D eigenvalue weighted by Crippen LogP contribution is 2.03. The smallest absolute Gasteiger partial charge is 0.249 e. The number of hydrogen-bond donors (Lipinski definition) is 2. The van der Waals surface area contributed by atoms with Crippen molar-refractivity contribution in [2.75, 3.05) is 26.4 Å². The molecule has 0 spiro atoms. The van der Waals surface area contributed by atoms with Crippen molar-refractivity contribution in [3.63, 3.8) is 0 Å². The van der Waals surface area contributed by atoms with Gasteiger partial charge in [0.1, 0.15) is 6.61 Å². The van der Waals surface area contributed by atoms with Gasteiger partial charge >= 0.3 is 0 Å². The SMILES string of the molecule is CCCCNC(O)(COCC)OCC. The second kappa shape index (κ2) is 8.17. The third kappa shape index (κ3) is 6.32. The first kappa shape index (κ1) is 13.8. The van der Waals surface area contributed by atoms with Crippen LogP contribution in [0.25, 0.3) is 0 Å². The maximum atomic E-state index is 9.91. The van der Waals surface area contributed by atoms with Crippen LogP contribution in [0, 0.1) is 0 Å². The fraction of sp³-hybridized carbons (Fsp3) is 1.00. The van der Waals surface area contributed by atoms with Gasteiger partial charge in [0.2, 0.25) is 5.91 Å². The molecule has 4 heteroatoms. The Bertz CT molecular complexity index is 133. The molecule has 0 bridgehead atoms. The molecule has 0 saturated carbocycles. The number of aliphatic hydroxyl groups is 1. The average Bonchev–Trinajstić information content (AvgIpc) is 2.16. The van der Waals surface area contributed by atoms with E-state index < -0.39 is 5.91 Å². The van der Waals surface area contributed by atoms with E-state index >= 15 is 0 Å². The van der Waals surface area contributed by atoms with Gasteiger partial charge < -0.3 is 14.6 Å². The number of hydrogen-bond acceptors (Lipinski definition) is 4. The average molecular weight is 205 g/mol. The number of unbranched alkanes of at least 4 members (excludes halogenated alkanes) is 1. The lowest BCUT2D eigenvalue weighted by atomic mass is 10.3. The van der Waals surface area contributed by atoms with Crippen LogP contribution in [0.5, 0.6) is 0 Å². The van der Waals surface area contributed by atoms with Gasteiger partial charge in [-0.25, -0.2) is 0 Å².